The summed E-state index contributed by atoms with van der Waals surface area (Å²) in [5, 5.41) is 30.1. The minimum absolute atomic E-state index is 0.0709. The Morgan fingerprint density at radius 3 is 2.22 bits per heavy atom. The zero-order valence-corrected chi connectivity index (χ0v) is 12.6. The Morgan fingerprint density at radius 2 is 1.61 bits per heavy atom. The van der Waals surface area contributed by atoms with Crippen molar-refractivity contribution in [1.29, 1.82) is 0 Å². The lowest BCUT2D eigenvalue weighted by Crippen LogP contribution is -2.06. The maximum Gasteiger partial charge on any atom is 0.208 e. The fourth-order valence-electron chi connectivity index (χ4n) is 2.69. The lowest BCUT2D eigenvalue weighted by atomic mass is 10.1. The smallest absolute Gasteiger partial charge is 0.208 e. The molecule has 1 heterocycles. The molecule has 0 bridgehead atoms. The Kier molecular flexibility index (Phi) is 3.21. The number of benzene rings is 2. The number of hydrogen-bond donors (Lipinski definition) is 3. The van der Waals surface area contributed by atoms with Crippen LogP contribution < -0.4 is 14.9 Å². The molecule has 0 aliphatic carbocycles. The molecule has 0 aliphatic heterocycles. The van der Waals surface area contributed by atoms with Crippen molar-refractivity contribution in [2.24, 2.45) is 0 Å². The van der Waals surface area contributed by atoms with Crippen LogP contribution in [0, 0.1) is 6.92 Å². The number of phenols is 3. The highest BCUT2D eigenvalue weighted by molar-refractivity contribution is 6.00. The summed E-state index contributed by atoms with van der Waals surface area (Å²) in [6, 6.07) is 2.69. The molecule has 0 spiro atoms. The van der Waals surface area contributed by atoms with Crippen molar-refractivity contribution in [1.82, 2.24) is 0 Å². The lowest BCUT2D eigenvalue weighted by Gasteiger charge is -2.14. The van der Waals surface area contributed by atoms with E-state index in [0.717, 1.165) is 0 Å². The number of methoxy groups -OCH3 is 2. The van der Waals surface area contributed by atoms with Gasteiger partial charge < -0.3 is 29.2 Å². The van der Waals surface area contributed by atoms with Gasteiger partial charge in [-0.25, -0.2) is 0 Å². The summed E-state index contributed by atoms with van der Waals surface area (Å²) in [7, 11) is 2.52. The average molecular weight is 318 g/mol. The highest BCUT2D eigenvalue weighted by Gasteiger charge is 2.26. The van der Waals surface area contributed by atoms with Crippen molar-refractivity contribution in [3.63, 3.8) is 0 Å². The molecular weight excluding hydrogens is 304 g/mol. The second-order valence-electron chi connectivity index (χ2n) is 5.03. The molecule has 1 aromatic heterocycles. The molecule has 0 fully saturated rings. The summed E-state index contributed by atoms with van der Waals surface area (Å²) in [5.74, 6) is -1.52. The first kappa shape index (κ1) is 14.8. The fraction of sp³-hybridized carbons (Fsp3) is 0.188. The zero-order chi connectivity index (χ0) is 16.9. The van der Waals surface area contributed by atoms with Crippen molar-refractivity contribution >= 4 is 21.9 Å². The third-order valence-corrected chi connectivity index (χ3v) is 3.67. The molecule has 2 aromatic carbocycles. The van der Waals surface area contributed by atoms with E-state index in [1.54, 1.807) is 6.92 Å². The highest BCUT2D eigenvalue weighted by atomic mass is 16.5. The van der Waals surface area contributed by atoms with Gasteiger partial charge >= 0.3 is 0 Å². The topological polar surface area (TPSA) is 109 Å². The summed E-state index contributed by atoms with van der Waals surface area (Å²) >= 11 is 0. The van der Waals surface area contributed by atoms with E-state index in [1.807, 2.05) is 0 Å². The van der Waals surface area contributed by atoms with E-state index in [2.05, 4.69) is 0 Å². The Labute approximate surface area is 129 Å². The van der Waals surface area contributed by atoms with Crippen LogP contribution in [0.5, 0.6) is 28.7 Å². The van der Waals surface area contributed by atoms with Crippen LogP contribution >= 0.6 is 0 Å². The van der Waals surface area contributed by atoms with Gasteiger partial charge in [0, 0.05) is 6.07 Å². The fourth-order valence-corrected chi connectivity index (χ4v) is 2.69. The number of phenolic OH excluding ortho intramolecular Hbond substituents is 3. The van der Waals surface area contributed by atoms with Gasteiger partial charge in [0.2, 0.25) is 22.7 Å². The first-order valence-corrected chi connectivity index (χ1v) is 6.66. The van der Waals surface area contributed by atoms with E-state index in [-0.39, 0.29) is 39.2 Å². The molecule has 0 saturated carbocycles. The molecule has 7 nitrogen and oxygen atoms in total. The number of aryl methyl sites for hydroxylation is 1. The van der Waals surface area contributed by atoms with E-state index in [4.69, 9.17) is 13.9 Å². The van der Waals surface area contributed by atoms with Crippen LogP contribution in [-0.4, -0.2) is 29.5 Å². The third-order valence-electron chi connectivity index (χ3n) is 3.67. The molecule has 7 heteroatoms. The Morgan fingerprint density at radius 1 is 0.957 bits per heavy atom. The second-order valence-corrected chi connectivity index (χ2v) is 5.03. The molecule has 0 unspecified atom stereocenters. The molecule has 3 aromatic rings. The van der Waals surface area contributed by atoms with Gasteiger partial charge in [0.1, 0.15) is 16.7 Å². The van der Waals surface area contributed by atoms with Crippen LogP contribution in [0.25, 0.3) is 21.9 Å². The van der Waals surface area contributed by atoms with Crippen LogP contribution in [0.3, 0.4) is 0 Å². The Balaban J connectivity index is 2.67. The maximum absolute atomic E-state index is 12.8. The van der Waals surface area contributed by atoms with Crippen molar-refractivity contribution in [2.45, 2.75) is 6.92 Å². The average Bonchev–Trinajstić information content (AvgIpc) is 2.46. The highest BCUT2D eigenvalue weighted by Crippen LogP contribution is 2.49. The number of fused-ring (bicyclic) bond motifs is 2. The molecule has 3 N–H and O–H groups in total. The first-order chi connectivity index (χ1) is 10.9. The van der Waals surface area contributed by atoms with E-state index in [1.165, 1.54) is 26.4 Å². The molecule has 0 radical (unpaired) electrons. The van der Waals surface area contributed by atoms with Gasteiger partial charge in [0.25, 0.3) is 0 Å². The minimum atomic E-state index is -0.538. The van der Waals surface area contributed by atoms with E-state index >= 15 is 0 Å². The normalized spacial score (nSPS) is 11.1. The largest absolute Gasteiger partial charge is 0.508 e. The van der Waals surface area contributed by atoms with Gasteiger partial charge in [-0.15, -0.1) is 0 Å². The predicted octanol–water partition coefficient (Wildman–Crippen LogP) is 2.39. The van der Waals surface area contributed by atoms with E-state index < -0.39 is 16.9 Å². The van der Waals surface area contributed by atoms with Crippen molar-refractivity contribution < 1.29 is 29.2 Å². The van der Waals surface area contributed by atoms with Gasteiger partial charge in [-0.1, -0.05) is 0 Å². The van der Waals surface area contributed by atoms with E-state index in [9.17, 15) is 20.1 Å². The van der Waals surface area contributed by atoms with Crippen LogP contribution in [0.1, 0.15) is 5.56 Å². The summed E-state index contributed by atoms with van der Waals surface area (Å²) in [6.45, 7) is 1.64. The molecule has 0 saturated heterocycles. The summed E-state index contributed by atoms with van der Waals surface area (Å²) in [5.41, 5.74) is -0.0537. The van der Waals surface area contributed by atoms with Gasteiger partial charge in [-0.05, 0) is 18.6 Å². The first-order valence-electron chi connectivity index (χ1n) is 6.66. The molecule has 23 heavy (non-hydrogen) atoms. The predicted molar refractivity (Wildman–Crippen MR) is 82.8 cm³/mol. The maximum atomic E-state index is 12.8. The van der Waals surface area contributed by atoms with Gasteiger partial charge in [0.15, 0.2) is 11.3 Å². The quantitative estimate of drug-likeness (QED) is 0.622. The lowest BCUT2D eigenvalue weighted by molar-refractivity contribution is 0.324. The van der Waals surface area contributed by atoms with Crippen LogP contribution in [0.2, 0.25) is 0 Å². The molecule has 0 amide bonds. The van der Waals surface area contributed by atoms with Crippen molar-refractivity contribution in [3.8, 4) is 28.7 Å². The third kappa shape index (κ3) is 1.93. The zero-order valence-electron chi connectivity index (χ0n) is 12.6. The molecule has 3 rings (SSSR count). The number of rotatable bonds is 2. The van der Waals surface area contributed by atoms with Gasteiger partial charge in [-0.3, -0.25) is 4.79 Å². The number of aromatic hydroxyl groups is 3. The van der Waals surface area contributed by atoms with Crippen LogP contribution in [0.4, 0.5) is 0 Å². The molecular formula is C16H14O7. The monoisotopic (exact) mass is 318 g/mol. The van der Waals surface area contributed by atoms with Gasteiger partial charge in [0.05, 0.1) is 19.6 Å². The second kappa shape index (κ2) is 4.98. The number of ether oxygens (including phenoxy) is 2. The van der Waals surface area contributed by atoms with Crippen molar-refractivity contribution in [3.05, 3.63) is 27.9 Å². The SMILES string of the molecule is COc1c(O)c(OC)c2oc3cc(O)cc(C)c3c(=O)c2c1O. The molecule has 0 aliphatic rings. The summed E-state index contributed by atoms with van der Waals surface area (Å²) in [6.07, 6.45) is 0. The summed E-state index contributed by atoms with van der Waals surface area (Å²) in [4.78, 5) is 12.8. The van der Waals surface area contributed by atoms with Crippen LogP contribution in [0.15, 0.2) is 21.3 Å². The Hall–Kier alpha value is -3.09. The van der Waals surface area contributed by atoms with Gasteiger partial charge in [-0.2, -0.15) is 0 Å². The standard InChI is InChI=1S/C16H14O7/c1-6-4-7(17)5-8-9(6)11(18)10-12(19)15(21-2)13(20)16(22-3)14(10)23-8/h4-5,17,19-20H,1-3H3. The number of hydrogen-bond acceptors (Lipinski definition) is 7. The summed E-state index contributed by atoms with van der Waals surface area (Å²) < 4.78 is 15.6. The van der Waals surface area contributed by atoms with E-state index in [0.29, 0.717) is 5.56 Å². The Bertz CT molecular complexity index is 1000. The molecule has 120 valence electrons. The van der Waals surface area contributed by atoms with Crippen molar-refractivity contribution in [2.75, 3.05) is 14.2 Å². The molecule has 0 atom stereocenters. The minimum Gasteiger partial charge on any atom is -0.508 e. The van der Waals surface area contributed by atoms with Crippen LogP contribution in [-0.2, 0) is 0 Å².